The predicted molar refractivity (Wildman–Crippen MR) is 111 cm³/mol. The van der Waals surface area contributed by atoms with Crippen LogP contribution in [0.5, 0.6) is 5.75 Å². The van der Waals surface area contributed by atoms with Crippen LogP contribution < -0.4 is 10.1 Å². The second kappa shape index (κ2) is 10.5. The third kappa shape index (κ3) is 6.12. The maximum absolute atomic E-state index is 13.1. The van der Waals surface area contributed by atoms with Gasteiger partial charge < -0.3 is 15.0 Å². The number of carbonyl (C=O) groups is 2. The van der Waals surface area contributed by atoms with Gasteiger partial charge in [-0.05, 0) is 43.5 Å². The van der Waals surface area contributed by atoms with Crippen LogP contribution in [0.15, 0.2) is 54.6 Å². The van der Waals surface area contributed by atoms with Crippen molar-refractivity contribution in [2.45, 2.75) is 52.2 Å². The van der Waals surface area contributed by atoms with Crippen LogP contribution in [0.4, 0.5) is 0 Å². The molecule has 5 nitrogen and oxygen atoms in total. The van der Waals surface area contributed by atoms with E-state index in [0.717, 1.165) is 23.3 Å². The quantitative estimate of drug-likeness (QED) is 0.721. The lowest BCUT2D eigenvalue weighted by molar-refractivity contribution is -0.140. The van der Waals surface area contributed by atoms with Crippen LogP contribution in [0.2, 0.25) is 0 Å². The normalized spacial score (nSPS) is 12.7. The topological polar surface area (TPSA) is 58.6 Å². The van der Waals surface area contributed by atoms with Gasteiger partial charge in [-0.15, -0.1) is 0 Å². The minimum atomic E-state index is -0.556. The standard InChI is InChI=1S/C23H30N2O3/c1-5-17(2)24-23(27)18(3)25(16-20-9-7-6-8-10-20)22(26)15-19-11-13-21(28-4)14-12-19/h6-14,17-18H,5,15-16H2,1-4H3,(H,24,27). The molecular weight excluding hydrogens is 352 g/mol. The Morgan fingerprint density at radius 1 is 1.00 bits per heavy atom. The Labute approximate surface area is 167 Å². The second-order valence-electron chi connectivity index (χ2n) is 7.03. The molecule has 2 unspecified atom stereocenters. The number of amides is 2. The van der Waals surface area contributed by atoms with Gasteiger partial charge >= 0.3 is 0 Å². The summed E-state index contributed by atoms with van der Waals surface area (Å²) >= 11 is 0. The molecule has 0 heterocycles. The zero-order valence-corrected chi connectivity index (χ0v) is 17.1. The second-order valence-corrected chi connectivity index (χ2v) is 7.03. The van der Waals surface area contributed by atoms with E-state index >= 15 is 0 Å². The van der Waals surface area contributed by atoms with Crippen LogP contribution in [0.3, 0.4) is 0 Å². The third-order valence-corrected chi connectivity index (χ3v) is 4.88. The summed E-state index contributed by atoms with van der Waals surface area (Å²) in [4.78, 5) is 27.4. The lowest BCUT2D eigenvalue weighted by Gasteiger charge is -2.29. The van der Waals surface area contributed by atoms with E-state index in [1.165, 1.54) is 0 Å². The Bertz CT molecular complexity index is 759. The number of nitrogens with zero attached hydrogens (tertiary/aromatic N) is 1. The molecule has 2 aromatic rings. The Morgan fingerprint density at radius 3 is 2.21 bits per heavy atom. The average Bonchev–Trinajstić information content (AvgIpc) is 2.72. The maximum Gasteiger partial charge on any atom is 0.242 e. The van der Waals surface area contributed by atoms with E-state index in [4.69, 9.17) is 4.74 Å². The zero-order valence-electron chi connectivity index (χ0n) is 17.1. The minimum Gasteiger partial charge on any atom is -0.497 e. The van der Waals surface area contributed by atoms with Crippen LogP contribution in [-0.2, 0) is 22.6 Å². The predicted octanol–water partition coefficient (Wildman–Crippen LogP) is 3.57. The van der Waals surface area contributed by atoms with Crippen molar-refractivity contribution in [2.75, 3.05) is 7.11 Å². The van der Waals surface area contributed by atoms with E-state index in [0.29, 0.717) is 6.54 Å². The molecule has 2 amide bonds. The summed E-state index contributed by atoms with van der Waals surface area (Å²) < 4.78 is 5.17. The first-order valence-corrected chi connectivity index (χ1v) is 9.71. The van der Waals surface area contributed by atoms with Crippen LogP contribution in [-0.4, -0.2) is 35.9 Å². The van der Waals surface area contributed by atoms with Gasteiger partial charge in [0.15, 0.2) is 0 Å². The number of carbonyl (C=O) groups excluding carboxylic acids is 2. The first-order valence-electron chi connectivity index (χ1n) is 9.71. The van der Waals surface area contributed by atoms with Crippen molar-refractivity contribution >= 4 is 11.8 Å². The minimum absolute atomic E-state index is 0.0743. The first-order chi connectivity index (χ1) is 13.4. The Hall–Kier alpha value is -2.82. The molecule has 0 spiro atoms. The van der Waals surface area contributed by atoms with Crippen molar-refractivity contribution in [3.63, 3.8) is 0 Å². The van der Waals surface area contributed by atoms with Gasteiger partial charge in [0.05, 0.1) is 13.5 Å². The number of methoxy groups -OCH3 is 1. The van der Waals surface area contributed by atoms with Crippen molar-refractivity contribution in [2.24, 2.45) is 0 Å². The third-order valence-electron chi connectivity index (χ3n) is 4.88. The molecule has 1 N–H and O–H groups in total. The van der Waals surface area contributed by atoms with Crippen LogP contribution in [0.1, 0.15) is 38.3 Å². The van der Waals surface area contributed by atoms with Crippen LogP contribution >= 0.6 is 0 Å². The summed E-state index contributed by atoms with van der Waals surface area (Å²) in [6, 6.07) is 16.7. The number of benzene rings is 2. The molecule has 150 valence electrons. The monoisotopic (exact) mass is 382 g/mol. The SMILES string of the molecule is CCC(C)NC(=O)C(C)N(Cc1ccccc1)C(=O)Cc1ccc(OC)cc1. The van der Waals surface area contributed by atoms with E-state index in [9.17, 15) is 9.59 Å². The Kier molecular flexibility index (Phi) is 8.05. The van der Waals surface area contributed by atoms with Crippen molar-refractivity contribution in [3.8, 4) is 5.75 Å². The van der Waals surface area contributed by atoms with Gasteiger partial charge in [-0.25, -0.2) is 0 Å². The molecule has 0 aromatic heterocycles. The highest BCUT2D eigenvalue weighted by Gasteiger charge is 2.26. The molecule has 0 fully saturated rings. The molecule has 28 heavy (non-hydrogen) atoms. The van der Waals surface area contributed by atoms with E-state index in [2.05, 4.69) is 5.32 Å². The van der Waals surface area contributed by atoms with Gasteiger partial charge in [0, 0.05) is 12.6 Å². The van der Waals surface area contributed by atoms with Gasteiger partial charge in [0.1, 0.15) is 11.8 Å². The largest absolute Gasteiger partial charge is 0.497 e. The first kappa shape index (κ1) is 21.5. The van der Waals surface area contributed by atoms with Crippen molar-refractivity contribution in [1.29, 1.82) is 0 Å². The summed E-state index contributed by atoms with van der Waals surface area (Å²) in [5.41, 5.74) is 1.88. The molecule has 0 aliphatic carbocycles. The fourth-order valence-electron chi connectivity index (χ4n) is 2.85. The van der Waals surface area contributed by atoms with E-state index in [-0.39, 0.29) is 24.3 Å². The van der Waals surface area contributed by atoms with E-state index in [1.54, 1.807) is 18.9 Å². The number of nitrogens with one attached hydrogen (secondary N) is 1. The smallest absolute Gasteiger partial charge is 0.242 e. The van der Waals surface area contributed by atoms with Crippen LogP contribution in [0.25, 0.3) is 0 Å². The number of rotatable bonds is 9. The lowest BCUT2D eigenvalue weighted by atomic mass is 10.1. The van der Waals surface area contributed by atoms with E-state index in [1.807, 2.05) is 68.4 Å². The highest BCUT2D eigenvalue weighted by atomic mass is 16.5. The highest BCUT2D eigenvalue weighted by Crippen LogP contribution is 2.15. The van der Waals surface area contributed by atoms with Gasteiger partial charge in [-0.1, -0.05) is 49.4 Å². The summed E-state index contributed by atoms with van der Waals surface area (Å²) in [6.07, 6.45) is 1.08. The zero-order chi connectivity index (χ0) is 20.5. The summed E-state index contributed by atoms with van der Waals surface area (Å²) in [6.45, 7) is 6.16. The molecule has 0 aliphatic heterocycles. The molecule has 0 bridgehead atoms. The fourth-order valence-corrected chi connectivity index (χ4v) is 2.85. The molecule has 2 rings (SSSR count). The van der Waals surface area contributed by atoms with Gasteiger partial charge in [0.25, 0.3) is 0 Å². The molecule has 5 heteroatoms. The van der Waals surface area contributed by atoms with Crippen LogP contribution in [0, 0.1) is 0 Å². The molecular formula is C23H30N2O3. The Morgan fingerprint density at radius 2 is 1.64 bits per heavy atom. The molecule has 0 saturated heterocycles. The molecule has 0 saturated carbocycles. The highest BCUT2D eigenvalue weighted by molar-refractivity contribution is 5.88. The van der Waals surface area contributed by atoms with Crippen molar-refractivity contribution < 1.29 is 14.3 Å². The van der Waals surface area contributed by atoms with Crippen molar-refractivity contribution in [1.82, 2.24) is 10.2 Å². The molecule has 0 radical (unpaired) electrons. The number of hydrogen-bond acceptors (Lipinski definition) is 3. The maximum atomic E-state index is 13.1. The van der Waals surface area contributed by atoms with E-state index < -0.39 is 6.04 Å². The summed E-state index contributed by atoms with van der Waals surface area (Å²) in [5, 5.41) is 2.98. The lowest BCUT2D eigenvalue weighted by Crippen LogP contribution is -2.49. The summed E-state index contributed by atoms with van der Waals surface area (Å²) in [5.74, 6) is 0.535. The fraction of sp³-hybridized carbons (Fsp3) is 0.391. The average molecular weight is 383 g/mol. The van der Waals surface area contributed by atoms with Gasteiger partial charge in [-0.3, -0.25) is 9.59 Å². The molecule has 2 atom stereocenters. The molecule has 0 aliphatic rings. The van der Waals surface area contributed by atoms with Gasteiger partial charge in [0.2, 0.25) is 11.8 Å². The van der Waals surface area contributed by atoms with Gasteiger partial charge in [-0.2, -0.15) is 0 Å². The van der Waals surface area contributed by atoms with Crippen molar-refractivity contribution in [3.05, 3.63) is 65.7 Å². The number of ether oxygens (including phenoxy) is 1. The summed E-state index contributed by atoms with van der Waals surface area (Å²) in [7, 11) is 1.61. The number of hydrogen-bond donors (Lipinski definition) is 1. The Balaban J connectivity index is 2.17. The molecule has 2 aromatic carbocycles.